The third kappa shape index (κ3) is 3.56. The van der Waals surface area contributed by atoms with Gasteiger partial charge < -0.3 is 10.2 Å². The number of rotatable bonds is 4. The Morgan fingerprint density at radius 1 is 1.29 bits per heavy atom. The predicted octanol–water partition coefficient (Wildman–Crippen LogP) is 3.75. The van der Waals surface area contributed by atoms with E-state index in [0.29, 0.717) is 10.2 Å². The van der Waals surface area contributed by atoms with Gasteiger partial charge in [0, 0.05) is 28.8 Å². The second kappa shape index (κ2) is 7.00. The Morgan fingerprint density at radius 2 is 2.08 bits per heavy atom. The number of nitrogens with zero attached hydrogens (tertiary/aromatic N) is 2. The second-order valence-electron chi connectivity index (χ2n) is 5.62. The molecule has 2 aromatic carbocycles. The summed E-state index contributed by atoms with van der Waals surface area (Å²) in [6.45, 7) is 1.09. The van der Waals surface area contributed by atoms with E-state index in [-0.39, 0.29) is 18.1 Å². The first kappa shape index (κ1) is 16.4. The van der Waals surface area contributed by atoms with Gasteiger partial charge >= 0.3 is 0 Å². The fourth-order valence-corrected chi connectivity index (χ4v) is 3.32. The Balaban J connectivity index is 1.70. The Labute approximate surface area is 147 Å². The molecule has 0 radical (unpaired) electrons. The number of carbonyl (C=O) groups excluding carboxylic acids is 1. The van der Waals surface area contributed by atoms with Crippen LogP contribution in [0.5, 0.6) is 0 Å². The number of benzene rings is 2. The van der Waals surface area contributed by atoms with Gasteiger partial charge in [-0.1, -0.05) is 18.2 Å². The molecule has 124 valence electrons. The van der Waals surface area contributed by atoms with E-state index in [0.717, 1.165) is 25.1 Å². The molecule has 0 fully saturated rings. The lowest BCUT2D eigenvalue weighted by Gasteiger charge is -2.30. The van der Waals surface area contributed by atoms with Crippen LogP contribution in [-0.2, 0) is 11.2 Å². The molecule has 1 heterocycles. The summed E-state index contributed by atoms with van der Waals surface area (Å²) in [6.07, 6.45) is 2.05. The first-order chi connectivity index (χ1) is 11.5. The minimum Gasteiger partial charge on any atom is -0.362 e. The fourth-order valence-electron chi connectivity index (χ4n) is 2.86. The normalized spacial score (nSPS) is 13.3. The van der Waals surface area contributed by atoms with E-state index in [1.165, 1.54) is 23.8 Å². The number of aryl methyl sites for hydroxylation is 1. The van der Waals surface area contributed by atoms with Gasteiger partial charge in [0.25, 0.3) is 5.69 Å². The maximum atomic E-state index is 12.4. The Hall–Kier alpha value is -2.41. The van der Waals surface area contributed by atoms with Gasteiger partial charge in [0.2, 0.25) is 5.91 Å². The molecule has 0 saturated heterocycles. The van der Waals surface area contributed by atoms with Gasteiger partial charge in [-0.3, -0.25) is 14.9 Å². The summed E-state index contributed by atoms with van der Waals surface area (Å²) in [5.41, 5.74) is 2.86. The van der Waals surface area contributed by atoms with Crippen LogP contribution in [-0.4, -0.2) is 23.9 Å². The van der Waals surface area contributed by atoms with Gasteiger partial charge in [-0.2, -0.15) is 0 Å². The topological polar surface area (TPSA) is 75.5 Å². The zero-order chi connectivity index (χ0) is 17.1. The molecule has 0 spiro atoms. The van der Waals surface area contributed by atoms with E-state index in [2.05, 4.69) is 32.2 Å². The summed E-state index contributed by atoms with van der Waals surface area (Å²) in [5.74, 6) is -0.152. The van der Waals surface area contributed by atoms with Crippen molar-refractivity contribution >= 4 is 38.9 Å². The smallest absolute Gasteiger partial charge is 0.270 e. The van der Waals surface area contributed by atoms with Crippen LogP contribution >= 0.6 is 15.9 Å². The van der Waals surface area contributed by atoms with Crippen molar-refractivity contribution < 1.29 is 9.72 Å². The third-order valence-electron chi connectivity index (χ3n) is 3.98. The van der Waals surface area contributed by atoms with Crippen LogP contribution < -0.4 is 10.2 Å². The monoisotopic (exact) mass is 389 g/mol. The first-order valence-corrected chi connectivity index (χ1v) is 8.40. The number of carbonyl (C=O) groups is 1. The third-order valence-corrected chi connectivity index (χ3v) is 4.63. The summed E-state index contributed by atoms with van der Waals surface area (Å²) in [5, 5.41) is 13.6. The number of nitro benzene ring substituents is 1. The summed E-state index contributed by atoms with van der Waals surface area (Å²) in [6, 6.07) is 12.4. The van der Waals surface area contributed by atoms with Crippen LogP contribution in [0.1, 0.15) is 12.0 Å². The average Bonchev–Trinajstić information content (AvgIpc) is 2.57. The predicted molar refractivity (Wildman–Crippen MR) is 96.4 cm³/mol. The van der Waals surface area contributed by atoms with E-state index in [1.54, 1.807) is 0 Å². The van der Waals surface area contributed by atoms with E-state index >= 15 is 0 Å². The molecule has 0 atom stereocenters. The number of hydrogen-bond donors (Lipinski definition) is 1. The molecule has 1 N–H and O–H groups in total. The number of non-ortho nitro benzene ring substituents is 1. The number of fused-ring (bicyclic) bond motifs is 1. The van der Waals surface area contributed by atoms with E-state index in [1.807, 2.05) is 18.2 Å². The van der Waals surface area contributed by atoms with Crippen molar-refractivity contribution in [1.29, 1.82) is 0 Å². The number of hydrogen-bond acceptors (Lipinski definition) is 4. The van der Waals surface area contributed by atoms with Crippen molar-refractivity contribution in [3.05, 3.63) is 62.6 Å². The van der Waals surface area contributed by atoms with Crippen LogP contribution in [0.15, 0.2) is 46.9 Å². The molecular weight excluding hydrogens is 374 g/mol. The molecule has 1 aliphatic rings. The molecule has 0 saturated carbocycles. The van der Waals surface area contributed by atoms with E-state index in [4.69, 9.17) is 0 Å². The van der Waals surface area contributed by atoms with Crippen molar-refractivity contribution in [2.24, 2.45) is 0 Å². The highest BCUT2D eigenvalue weighted by atomic mass is 79.9. The minimum absolute atomic E-state index is 0.0233. The van der Waals surface area contributed by atoms with Crippen LogP contribution in [0.3, 0.4) is 0 Å². The fraction of sp³-hybridized carbons (Fsp3) is 0.235. The van der Waals surface area contributed by atoms with Gasteiger partial charge in [0.15, 0.2) is 0 Å². The molecule has 0 aromatic heterocycles. The zero-order valence-electron chi connectivity index (χ0n) is 12.9. The van der Waals surface area contributed by atoms with Gasteiger partial charge in [-0.05, 0) is 46.5 Å². The SMILES string of the molecule is O=C(CN1CCCc2ccccc21)Nc1ccc([N+](=O)[O-])cc1Br. The van der Waals surface area contributed by atoms with E-state index in [9.17, 15) is 14.9 Å². The van der Waals surface area contributed by atoms with Gasteiger partial charge in [0.05, 0.1) is 17.2 Å². The molecule has 1 aliphatic heterocycles. The van der Waals surface area contributed by atoms with E-state index < -0.39 is 4.92 Å². The highest BCUT2D eigenvalue weighted by molar-refractivity contribution is 9.10. The zero-order valence-corrected chi connectivity index (χ0v) is 14.5. The van der Waals surface area contributed by atoms with Crippen molar-refractivity contribution in [1.82, 2.24) is 0 Å². The Bertz CT molecular complexity index is 794. The minimum atomic E-state index is -0.471. The molecule has 24 heavy (non-hydrogen) atoms. The summed E-state index contributed by atoms with van der Waals surface area (Å²) < 4.78 is 0.490. The number of para-hydroxylation sites is 1. The second-order valence-corrected chi connectivity index (χ2v) is 6.48. The van der Waals surface area contributed by atoms with Gasteiger partial charge in [-0.15, -0.1) is 0 Å². The molecule has 7 heteroatoms. The molecule has 3 rings (SSSR count). The standard InChI is InChI=1S/C17H16BrN3O3/c18-14-10-13(21(23)24)7-8-15(14)19-17(22)11-20-9-3-5-12-4-1-2-6-16(12)20/h1-2,4,6-8,10H,3,5,9,11H2,(H,19,22). The first-order valence-electron chi connectivity index (χ1n) is 7.61. The van der Waals surface area contributed by atoms with Crippen LogP contribution in [0.4, 0.5) is 17.1 Å². The molecule has 2 aromatic rings. The quantitative estimate of drug-likeness (QED) is 0.638. The van der Waals surface area contributed by atoms with Crippen LogP contribution in [0, 0.1) is 10.1 Å². The molecule has 1 amide bonds. The lowest BCUT2D eigenvalue weighted by molar-refractivity contribution is -0.384. The molecule has 0 aliphatic carbocycles. The Morgan fingerprint density at radius 3 is 2.83 bits per heavy atom. The number of amides is 1. The van der Waals surface area contributed by atoms with Crippen LogP contribution in [0.25, 0.3) is 0 Å². The Kier molecular flexibility index (Phi) is 4.80. The van der Waals surface area contributed by atoms with Crippen molar-refractivity contribution in [3.8, 4) is 0 Å². The molecular formula is C17H16BrN3O3. The summed E-state index contributed by atoms with van der Waals surface area (Å²) in [4.78, 5) is 24.7. The van der Waals surface area contributed by atoms with Crippen molar-refractivity contribution in [2.75, 3.05) is 23.3 Å². The number of halogens is 1. The van der Waals surface area contributed by atoms with Gasteiger partial charge in [0.1, 0.15) is 0 Å². The lowest BCUT2D eigenvalue weighted by Crippen LogP contribution is -2.36. The average molecular weight is 390 g/mol. The summed E-state index contributed by atoms with van der Waals surface area (Å²) >= 11 is 3.26. The molecule has 0 bridgehead atoms. The number of nitro groups is 1. The maximum Gasteiger partial charge on any atom is 0.270 e. The number of anilines is 2. The molecule has 6 nitrogen and oxygen atoms in total. The summed E-state index contributed by atoms with van der Waals surface area (Å²) in [7, 11) is 0. The highest BCUT2D eigenvalue weighted by Gasteiger charge is 2.19. The van der Waals surface area contributed by atoms with Crippen molar-refractivity contribution in [2.45, 2.75) is 12.8 Å². The van der Waals surface area contributed by atoms with Gasteiger partial charge in [-0.25, -0.2) is 0 Å². The van der Waals surface area contributed by atoms with Crippen molar-refractivity contribution in [3.63, 3.8) is 0 Å². The largest absolute Gasteiger partial charge is 0.362 e. The highest BCUT2D eigenvalue weighted by Crippen LogP contribution is 2.28. The maximum absolute atomic E-state index is 12.4. The lowest BCUT2D eigenvalue weighted by atomic mass is 10.0. The molecule has 0 unspecified atom stereocenters. The van der Waals surface area contributed by atoms with Crippen LogP contribution in [0.2, 0.25) is 0 Å². The number of nitrogens with one attached hydrogen (secondary N) is 1.